The van der Waals surface area contributed by atoms with Gasteiger partial charge in [-0.1, -0.05) is 56.4 Å². The Bertz CT molecular complexity index is 1040. The second-order valence-corrected chi connectivity index (χ2v) is 11.5. The van der Waals surface area contributed by atoms with Gasteiger partial charge in [-0.15, -0.1) is 28.1 Å². The van der Waals surface area contributed by atoms with Gasteiger partial charge in [-0.3, -0.25) is 4.79 Å². The Hall–Kier alpha value is -2.13. The maximum absolute atomic E-state index is 12.9. The average Bonchev–Trinajstić information content (AvgIpc) is 3.33. The third-order valence-electron chi connectivity index (χ3n) is 7.00. The average molecular weight is 517 g/mol. The van der Waals surface area contributed by atoms with Gasteiger partial charge in [-0.05, 0) is 43.6 Å². The number of ether oxygens (including phenoxy) is 1. The van der Waals surface area contributed by atoms with Crippen LogP contribution in [0.5, 0.6) is 0 Å². The third kappa shape index (κ3) is 6.55. The molecule has 1 fully saturated rings. The molecule has 2 aliphatic rings. The number of hydrogen-bond donors (Lipinski definition) is 1. The van der Waals surface area contributed by atoms with Crippen molar-refractivity contribution in [3.63, 3.8) is 0 Å². The van der Waals surface area contributed by atoms with E-state index >= 15 is 0 Å². The Morgan fingerprint density at radius 1 is 1.17 bits per heavy atom. The molecular weight excluding hydrogens is 480 g/mol. The fourth-order valence-electron chi connectivity index (χ4n) is 5.17. The maximum atomic E-state index is 12.9. The van der Waals surface area contributed by atoms with E-state index in [4.69, 9.17) is 4.74 Å². The lowest BCUT2D eigenvalue weighted by atomic mass is 9.86. The number of aryl methyl sites for hydroxylation is 2. The Morgan fingerprint density at radius 2 is 1.94 bits per heavy atom. The summed E-state index contributed by atoms with van der Waals surface area (Å²) >= 11 is 2.89. The molecule has 2 aromatic rings. The maximum Gasteiger partial charge on any atom is 0.341 e. The minimum Gasteiger partial charge on any atom is -0.465 e. The van der Waals surface area contributed by atoms with E-state index in [9.17, 15) is 9.59 Å². The highest BCUT2D eigenvalue weighted by atomic mass is 32.2. The zero-order chi connectivity index (χ0) is 24.6. The minimum atomic E-state index is -0.374. The Balaban J connectivity index is 1.40. The highest BCUT2D eigenvalue weighted by Gasteiger charge is 2.26. The lowest BCUT2D eigenvalue weighted by Crippen LogP contribution is -2.17. The van der Waals surface area contributed by atoms with Gasteiger partial charge in [0.05, 0.1) is 18.4 Å². The summed E-state index contributed by atoms with van der Waals surface area (Å²) < 4.78 is 7.12. The molecular formula is C26H36N4O3S2. The smallest absolute Gasteiger partial charge is 0.341 e. The molecule has 35 heavy (non-hydrogen) atoms. The van der Waals surface area contributed by atoms with Crippen LogP contribution >= 0.6 is 23.1 Å². The summed E-state index contributed by atoms with van der Waals surface area (Å²) in [5.74, 6) is 1.41. The number of hydrogen-bond acceptors (Lipinski definition) is 7. The Labute approximate surface area is 216 Å². The fourth-order valence-corrected chi connectivity index (χ4v) is 7.23. The van der Waals surface area contributed by atoms with Gasteiger partial charge < -0.3 is 14.6 Å². The first kappa shape index (κ1) is 25.9. The van der Waals surface area contributed by atoms with Gasteiger partial charge in [0.2, 0.25) is 5.91 Å². The van der Waals surface area contributed by atoms with Crippen molar-refractivity contribution in [1.82, 2.24) is 14.8 Å². The molecule has 2 aliphatic carbocycles. The summed E-state index contributed by atoms with van der Waals surface area (Å²) in [5, 5.41) is 13.1. The monoisotopic (exact) mass is 516 g/mol. The number of carbonyl (C=O) groups is 2. The van der Waals surface area contributed by atoms with E-state index in [1.54, 1.807) is 0 Å². The molecule has 1 saturated carbocycles. The molecule has 4 rings (SSSR count). The van der Waals surface area contributed by atoms with E-state index in [-0.39, 0.29) is 17.6 Å². The SMILES string of the molecule is C=CCn1c(CCC2CCCCC2)nnc1SCC(=O)Nc1sc2c(c1C(=O)OC)CCCCC2. The molecule has 0 aliphatic heterocycles. The molecule has 0 saturated heterocycles. The molecule has 2 aromatic heterocycles. The molecule has 190 valence electrons. The van der Waals surface area contributed by atoms with Crippen LogP contribution in [0.2, 0.25) is 0 Å². The van der Waals surface area contributed by atoms with Crippen molar-refractivity contribution >= 4 is 40.0 Å². The molecule has 0 bridgehead atoms. The van der Waals surface area contributed by atoms with Crippen LogP contribution in [0.15, 0.2) is 17.8 Å². The molecule has 0 radical (unpaired) electrons. The highest BCUT2D eigenvalue weighted by molar-refractivity contribution is 7.99. The Kier molecular flexibility index (Phi) is 9.43. The van der Waals surface area contributed by atoms with Crippen LogP contribution in [-0.2, 0) is 35.3 Å². The van der Waals surface area contributed by atoms with Crippen LogP contribution in [0, 0.1) is 5.92 Å². The molecule has 0 unspecified atom stereocenters. The van der Waals surface area contributed by atoms with Crippen LogP contribution in [-0.4, -0.2) is 39.5 Å². The lowest BCUT2D eigenvalue weighted by molar-refractivity contribution is -0.113. The van der Waals surface area contributed by atoms with Gasteiger partial charge in [-0.25, -0.2) is 4.79 Å². The lowest BCUT2D eigenvalue weighted by Gasteiger charge is -2.21. The normalized spacial score (nSPS) is 16.4. The summed E-state index contributed by atoms with van der Waals surface area (Å²) in [6, 6.07) is 0. The van der Waals surface area contributed by atoms with E-state index in [1.807, 2.05) is 6.08 Å². The summed E-state index contributed by atoms with van der Waals surface area (Å²) in [6.07, 6.45) is 15.7. The second kappa shape index (κ2) is 12.7. The third-order valence-corrected chi connectivity index (χ3v) is 9.18. The number of thiophene rings is 1. The van der Waals surface area contributed by atoms with Crippen LogP contribution < -0.4 is 5.32 Å². The van der Waals surface area contributed by atoms with E-state index in [0.717, 1.165) is 67.4 Å². The van der Waals surface area contributed by atoms with Crippen molar-refractivity contribution < 1.29 is 14.3 Å². The number of carbonyl (C=O) groups excluding carboxylic acids is 2. The van der Waals surface area contributed by atoms with Crippen molar-refractivity contribution in [1.29, 1.82) is 0 Å². The second-order valence-electron chi connectivity index (χ2n) is 9.44. The number of methoxy groups -OCH3 is 1. The number of allylic oxidation sites excluding steroid dienone is 1. The largest absolute Gasteiger partial charge is 0.465 e. The van der Waals surface area contributed by atoms with E-state index in [2.05, 4.69) is 26.7 Å². The molecule has 9 heteroatoms. The van der Waals surface area contributed by atoms with E-state index in [1.165, 1.54) is 67.2 Å². The number of aromatic nitrogens is 3. The number of amides is 1. The highest BCUT2D eigenvalue weighted by Crippen LogP contribution is 2.38. The zero-order valence-electron chi connectivity index (χ0n) is 20.6. The van der Waals surface area contributed by atoms with Crippen LogP contribution in [0.3, 0.4) is 0 Å². The number of thioether (sulfide) groups is 1. The number of esters is 1. The molecule has 1 amide bonds. The van der Waals surface area contributed by atoms with Gasteiger partial charge in [0.25, 0.3) is 0 Å². The summed E-state index contributed by atoms with van der Waals surface area (Å²) in [5.41, 5.74) is 1.59. The van der Waals surface area contributed by atoms with Crippen molar-refractivity contribution in [2.24, 2.45) is 5.92 Å². The topological polar surface area (TPSA) is 86.1 Å². The van der Waals surface area contributed by atoms with Gasteiger partial charge >= 0.3 is 5.97 Å². The zero-order valence-corrected chi connectivity index (χ0v) is 22.3. The minimum absolute atomic E-state index is 0.159. The number of anilines is 1. The van der Waals surface area contributed by atoms with Crippen molar-refractivity contribution in [3.8, 4) is 0 Å². The predicted molar refractivity (Wildman–Crippen MR) is 141 cm³/mol. The van der Waals surface area contributed by atoms with Crippen molar-refractivity contribution in [2.45, 2.75) is 88.8 Å². The van der Waals surface area contributed by atoms with Crippen molar-refractivity contribution in [2.75, 3.05) is 18.2 Å². The standard InChI is InChI=1S/C26H36N4O3S2/c1-3-16-30-21(15-14-18-10-6-4-7-11-18)28-29-26(30)34-17-22(31)27-24-23(25(32)33-2)19-12-8-5-9-13-20(19)35-24/h3,18H,1,4-17H2,2H3,(H,27,31). The molecule has 2 heterocycles. The van der Waals surface area contributed by atoms with Crippen molar-refractivity contribution in [3.05, 3.63) is 34.5 Å². The molecule has 0 spiro atoms. The summed E-state index contributed by atoms with van der Waals surface area (Å²) in [4.78, 5) is 26.6. The molecule has 1 N–H and O–H groups in total. The first-order chi connectivity index (χ1) is 17.1. The number of fused-ring (bicyclic) bond motifs is 1. The summed E-state index contributed by atoms with van der Waals surface area (Å²) in [7, 11) is 1.39. The first-order valence-electron chi connectivity index (χ1n) is 12.8. The number of nitrogens with one attached hydrogen (secondary N) is 1. The quantitative estimate of drug-likeness (QED) is 0.185. The Morgan fingerprint density at radius 3 is 2.71 bits per heavy atom. The number of nitrogens with zero attached hydrogens (tertiary/aromatic N) is 3. The van der Waals surface area contributed by atoms with E-state index in [0.29, 0.717) is 17.1 Å². The van der Waals surface area contributed by atoms with Gasteiger partial charge in [0.15, 0.2) is 5.16 Å². The van der Waals surface area contributed by atoms with Gasteiger partial charge in [-0.2, -0.15) is 0 Å². The van der Waals surface area contributed by atoms with Crippen LogP contribution in [0.25, 0.3) is 0 Å². The molecule has 0 atom stereocenters. The number of rotatable bonds is 10. The summed E-state index contributed by atoms with van der Waals surface area (Å²) in [6.45, 7) is 4.51. The van der Waals surface area contributed by atoms with Gasteiger partial charge in [0, 0.05) is 17.8 Å². The molecule has 0 aromatic carbocycles. The fraction of sp³-hybridized carbons (Fsp3) is 0.615. The molecule has 7 nitrogen and oxygen atoms in total. The van der Waals surface area contributed by atoms with Gasteiger partial charge in [0.1, 0.15) is 10.8 Å². The van der Waals surface area contributed by atoms with Crippen LogP contribution in [0.4, 0.5) is 5.00 Å². The van der Waals surface area contributed by atoms with Crippen LogP contribution in [0.1, 0.15) is 84.4 Å². The van der Waals surface area contributed by atoms with E-state index < -0.39 is 0 Å². The predicted octanol–water partition coefficient (Wildman–Crippen LogP) is 5.82. The first-order valence-corrected chi connectivity index (χ1v) is 14.6.